The van der Waals surface area contributed by atoms with Crippen LogP contribution >= 0.6 is 15.9 Å². The molecule has 1 heterocycles. The smallest absolute Gasteiger partial charge is 0.189 e. The van der Waals surface area contributed by atoms with E-state index < -0.39 is 0 Å². The molecule has 1 aromatic carbocycles. The highest BCUT2D eigenvalue weighted by atomic mass is 79.9. The molecule has 1 N–H and O–H groups in total. The molecule has 1 aromatic heterocycles. The predicted molar refractivity (Wildman–Crippen MR) is 59.6 cm³/mol. The van der Waals surface area contributed by atoms with Gasteiger partial charge in [0.25, 0.3) is 0 Å². The van der Waals surface area contributed by atoms with Crippen molar-refractivity contribution in [1.82, 2.24) is 4.73 Å². The van der Waals surface area contributed by atoms with E-state index in [0.717, 1.165) is 4.73 Å². The second-order valence-corrected chi connectivity index (χ2v) is 3.80. The normalized spacial score (nSPS) is 10.5. The summed E-state index contributed by atoms with van der Waals surface area (Å²) >= 11 is 3.28. The highest BCUT2D eigenvalue weighted by Crippen LogP contribution is 2.30. The fraction of sp³-hybridized carbons (Fsp3) is 0.100. The van der Waals surface area contributed by atoms with Gasteiger partial charge in [0.05, 0.1) is 17.0 Å². The number of pyridine rings is 1. The van der Waals surface area contributed by atoms with E-state index in [0.29, 0.717) is 21.1 Å². The average Bonchev–Trinajstić information content (AvgIpc) is 2.23. The van der Waals surface area contributed by atoms with Crippen LogP contribution in [0.4, 0.5) is 0 Å². The average molecular weight is 270 g/mol. The van der Waals surface area contributed by atoms with Crippen molar-refractivity contribution in [1.29, 1.82) is 0 Å². The number of halogens is 1. The molecule has 0 bridgehead atoms. The Bertz CT molecular complexity index is 577. The Morgan fingerprint density at radius 1 is 1.40 bits per heavy atom. The molecule has 0 saturated carbocycles. The maximum absolute atomic E-state index is 11.5. The van der Waals surface area contributed by atoms with E-state index in [1.54, 1.807) is 12.1 Å². The summed E-state index contributed by atoms with van der Waals surface area (Å²) in [5.74, 6) is 0.566. The third-order valence-corrected chi connectivity index (χ3v) is 2.93. The highest BCUT2D eigenvalue weighted by molar-refractivity contribution is 9.10. The summed E-state index contributed by atoms with van der Waals surface area (Å²) in [6.07, 6.45) is 1.30. The summed E-state index contributed by atoms with van der Waals surface area (Å²) in [4.78, 5) is 11.5. The predicted octanol–water partition coefficient (Wildman–Crippen LogP) is 2.01. The maximum Gasteiger partial charge on any atom is 0.189 e. The molecule has 0 atom stereocenters. The first-order valence-electron chi connectivity index (χ1n) is 4.22. The molecule has 0 spiro atoms. The van der Waals surface area contributed by atoms with Crippen LogP contribution in [0.5, 0.6) is 5.75 Å². The highest BCUT2D eigenvalue weighted by Gasteiger charge is 2.10. The van der Waals surface area contributed by atoms with Crippen LogP contribution in [0.2, 0.25) is 0 Å². The Hall–Kier alpha value is -1.49. The summed E-state index contributed by atoms with van der Waals surface area (Å²) < 4.78 is 6.52. The minimum atomic E-state index is -0.140. The molecule has 0 unspecified atom stereocenters. The van der Waals surface area contributed by atoms with Gasteiger partial charge in [0.2, 0.25) is 0 Å². The monoisotopic (exact) mass is 269 g/mol. The second kappa shape index (κ2) is 3.58. The zero-order chi connectivity index (χ0) is 11.0. The van der Waals surface area contributed by atoms with Crippen molar-refractivity contribution >= 4 is 26.8 Å². The van der Waals surface area contributed by atoms with Crippen molar-refractivity contribution < 1.29 is 9.94 Å². The van der Waals surface area contributed by atoms with Gasteiger partial charge >= 0.3 is 0 Å². The Labute approximate surface area is 93.8 Å². The molecule has 78 valence electrons. The lowest BCUT2D eigenvalue weighted by Crippen LogP contribution is -2.06. The van der Waals surface area contributed by atoms with Gasteiger partial charge in [-0.3, -0.25) is 4.79 Å². The molecule has 0 radical (unpaired) electrons. The van der Waals surface area contributed by atoms with E-state index >= 15 is 0 Å². The van der Waals surface area contributed by atoms with E-state index in [4.69, 9.17) is 4.74 Å². The molecule has 0 saturated heterocycles. The number of hydrogen-bond donors (Lipinski definition) is 1. The van der Waals surface area contributed by atoms with Crippen molar-refractivity contribution in [3.63, 3.8) is 0 Å². The van der Waals surface area contributed by atoms with E-state index in [1.165, 1.54) is 19.4 Å². The molecule has 5 heteroatoms. The molecule has 2 rings (SSSR count). The second-order valence-electron chi connectivity index (χ2n) is 3.00. The molecule has 0 aliphatic heterocycles. The van der Waals surface area contributed by atoms with Gasteiger partial charge in [0.1, 0.15) is 11.3 Å². The number of methoxy groups -OCH3 is 1. The quantitative estimate of drug-likeness (QED) is 0.806. The molecular weight excluding hydrogens is 262 g/mol. The van der Waals surface area contributed by atoms with Crippen LogP contribution < -0.4 is 10.2 Å². The minimum Gasteiger partial charge on any atom is -0.495 e. The lowest BCUT2D eigenvalue weighted by Gasteiger charge is -2.08. The number of ether oxygens (including phenoxy) is 1. The van der Waals surface area contributed by atoms with Crippen molar-refractivity contribution in [3.05, 3.63) is 39.1 Å². The van der Waals surface area contributed by atoms with Gasteiger partial charge < -0.3 is 9.94 Å². The fourth-order valence-corrected chi connectivity index (χ4v) is 2.12. The Morgan fingerprint density at radius 2 is 2.13 bits per heavy atom. The number of hydrogen-bond acceptors (Lipinski definition) is 3. The molecule has 4 nitrogen and oxygen atoms in total. The third-order valence-electron chi connectivity index (χ3n) is 2.16. The largest absolute Gasteiger partial charge is 0.495 e. The first kappa shape index (κ1) is 10.0. The molecule has 2 aromatic rings. The zero-order valence-corrected chi connectivity index (χ0v) is 9.48. The van der Waals surface area contributed by atoms with Gasteiger partial charge in [-0.05, 0) is 28.1 Å². The molecule has 0 amide bonds. The van der Waals surface area contributed by atoms with Crippen LogP contribution in [0, 0.1) is 0 Å². The number of rotatable bonds is 1. The maximum atomic E-state index is 11.5. The van der Waals surface area contributed by atoms with Gasteiger partial charge in [-0.15, -0.1) is 0 Å². The topological polar surface area (TPSA) is 51.5 Å². The number of nitrogens with zero attached hydrogens (tertiary/aromatic N) is 1. The Kier molecular flexibility index (Phi) is 2.40. The van der Waals surface area contributed by atoms with Crippen LogP contribution in [0.15, 0.2) is 33.7 Å². The van der Waals surface area contributed by atoms with Crippen LogP contribution in [0.25, 0.3) is 10.9 Å². The zero-order valence-electron chi connectivity index (χ0n) is 7.90. The number of aromatic nitrogens is 1. The van der Waals surface area contributed by atoms with Gasteiger partial charge in [-0.1, -0.05) is 0 Å². The lowest BCUT2D eigenvalue weighted by atomic mass is 10.2. The van der Waals surface area contributed by atoms with E-state index in [9.17, 15) is 10.0 Å². The van der Waals surface area contributed by atoms with E-state index in [1.807, 2.05) is 0 Å². The molecule has 0 aliphatic carbocycles. The fourth-order valence-electron chi connectivity index (χ4n) is 1.43. The first-order valence-corrected chi connectivity index (χ1v) is 5.01. The van der Waals surface area contributed by atoms with E-state index in [2.05, 4.69) is 15.9 Å². The summed E-state index contributed by atoms with van der Waals surface area (Å²) in [5, 5.41) is 10.0. The van der Waals surface area contributed by atoms with Crippen LogP contribution in [0.3, 0.4) is 0 Å². The summed E-state index contributed by atoms with van der Waals surface area (Å²) in [7, 11) is 1.52. The van der Waals surface area contributed by atoms with Crippen LogP contribution in [0.1, 0.15) is 0 Å². The third kappa shape index (κ3) is 1.48. The lowest BCUT2D eigenvalue weighted by molar-refractivity contribution is 0.197. The van der Waals surface area contributed by atoms with Crippen molar-refractivity contribution in [2.45, 2.75) is 0 Å². The van der Waals surface area contributed by atoms with Crippen molar-refractivity contribution in [2.24, 2.45) is 0 Å². The summed E-state index contributed by atoms with van der Waals surface area (Å²) in [5.41, 5.74) is 0.264. The number of benzene rings is 1. The van der Waals surface area contributed by atoms with Crippen molar-refractivity contribution in [2.75, 3.05) is 7.11 Å². The van der Waals surface area contributed by atoms with Crippen molar-refractivity contribution in [3.8, 4) is 5.75 Å². The molecular formula is C10H8BrNO3. The summed E-state index contributed by atoms with van der Waals surface area (Å²) in [6.45, 7) is 0. The Morgan fingerprint density at radius 3 is 2.80 bits per heavy atom. The minimum absolute atomic E-state index is 0.140. The number of fused-ring (bicyclic) bond motifs is 1. The van der Waals surface area contributed by atoms with Crippen LogP contribution in [-0.2, 0) is 0 Å². The van der Waals surface area contributed by atoms with Gasteiger partial charge in [-0.2, -0.15) is 4.73 Å². The Balaban J connectivity index is 2.98. The van der Waals surface area contributed by atoms with Crippen LogP contribution in [-0.4, -0.2) is 17.0 Å². The SMILES string of the molecule is COc1ccc2c(=O)ccn(O)c2c1Br. The molecule has 15 heavy (non-hydrogen) atoms. The standard InChI is InChI=1S/C10H8BrNO3/c1-15-8-3-2-6-7(13)4-5-12(14)10(6)9(8)11/h2-5,14H,1H3. The van der Waals surface area contributed by atoms with Gasteiger partial charge in [0.15, 0.2) is 5.43 Å². The molecule has 0 aliphatic rings. The first-order chi connectivity index (χ1) is 7.15. The van der Waals surface area contributed by atoms with E-state index in [-0.39, 0.29) is 5.43 Å². The van der Waals surface area contributed by atoms with Gasteiger partial charge in [-0.25, -0.2) is 0 Å². The van der Waals surface area contributed by atoms with Gasteiger partial charge in [0, 0.05) is 12.3 Å². The molecule has 0 fully saturated rings. The summed E-state index contributed by atoms with van der Waals surface area (Å²) in [6, 6.07) is 4.60.